The molecule has 2 rings (SSSR count). The normalized spacial score (nSPS) is 18.0. The summed E-state index contributed by atoms with van der Waals surface area (Å²) in [5.74, 6) is 0.755. The second-order valence-corrected chi connectivity index (χ2v) is 5.84. The molecule has 1 fully saturated rings. The van der Waals surface area contributed by atoms with Gasteiger partial charge in [-0.3, -0.25) is 4.90 Å². The largest absolute Gasteiger partial charge is 0.346 e. The lowest BCUT2D eigenvalue weighted by molar-refractivity contribution is 0.231. The van der Waals surface area contributed by atoms with Gasteiger partial charge in [-0.2, -0.15) is 0 Å². The number of aromatic nitrogens is 1. The predicted octanol–water partition coefficient (Wildman–Crippen LogP) is 1.38. The number of hydrogen-bond donors (Lipinski definition) is 1. The van der Waals surface area contributed by atoms with Crippen molar-refractivity contribution in [2.45, 2.75) is 20.4 Å². The van der Waals surface area contributed by atoms with Gasteiger partial charge in [0.25, 0.3) is 0 Å². The van der Waals surface area contributed by atoms with Crippen LogP contribution in [0.3, 0.4) is 0 Å². The molecule has 0 radical (unpaired) electrons. The van der Waals surface area contributed by atoms with E-state index in [4.69, 9.17) is 5.73 Å². The number of nitrogens with zero attached hydrogens (tertiary/aromatic N) is 3. The van der Waals surface area contributed by atoms with E-state index >= 15 is 0 Å². The van der Waals surface area contributed by atoms with Crippen LogP contribution in [0.15, 0.2) is 5.38 Å². The van der Waals surface area contributed by atoms with Gasteiger partial charge in [0, 0.05) is 44.6 Å². The number of rotatable bonds is 4. The molecule has 0 saturated carbocycles. The minimum Gasteiger partial charge on any atom is -0.346 e. The Kier molecular flexibility index (Phi) is 4.36. The molecule has 1 aromatic rings. The lowest BCUT2D eigenvalue weighted by Gasteiger charge is -2.35. The predicted molar refractivity (Wildman–Crippen MR) is 73.5 cm³/mol. The average Bonchev–Trinajstić information content (AvgIpc) is 2.78. The van der Waals surface area contributed by atoms with Gasteiger partial charge >= 0.3 is 0 Å². The summed E-state index contributed by atoms with van der Waals surface area (Å²) in [6.07, 6.45) is 0. The van der Waals surface area contributed by atoms with Crippen LogP contribution in [0.5, 0.6) is 0 Å². The summed E-state index contributed by atoms with van der Waals surface area (Å²) in [6.45, 7) is 10.8. The van der Waals surface area contributed by atoms with Crippen LogP contribution in [0.1, 0.15) is 19.5 Å². The van der Waals surface area contributed by atoms with Crippen LogP contribution in [0.25, 0.3) is 0 Å². The Hall–Kier alpha value is -0.650. The van der Waals surface area contributed by atoms with Crippen molar-refractivity contribution in [3.8, 4) is 0 Å². The molecule has 1 saturated heterocycles. The van der Waals surface area contributed by atoms with E-state index in [-0.39, 0.29) is 0 Å². The van der Waals surface area contributed by atoms with Gasteiger partial charge in [-0.15, -0.1) is 11.3 Å². The first-order valence-electron chi connectivity index (χ1n) is 6.31. The number of hydrogen-bond acceptors (Lipinski definition) is 5. The average molecular weight is 254 g/mol. The molecule has 1 aromatic heterocycles. The summed E-state index contributed by atoms with van der Waals surface area (Å²) in [7, 11) is 0. The van der Waals surface area contributed by atoms with Crippen molar-refractivity contribution in [3.05, 3.63) is 11.1 Å². The summed E-state index contributed by atoms with van der Waals surface area (Å²) in [5, 5.41) is 3.20. The van der Waals surface area contributed by atoms with Gasteiger partial charge in [0.15, 0.2) is 5.13 Å². The van der Waals surface area contributed by atoms with E-state index < -0.39 is 0 Å². The van der Waals surface area contributed by atoms with Crippen LogP contribution in [-0.2, 0) is 6.54 Å². The van der Waals surface area contributed by atoms with Gasteiger partial charge in [0.05, 0.1) is 5.69 Å². The molecule has 0 atom stereocenters. The molecule has 17 heavy (non-hydrogen) atoms. The van der Waals surface area contributed by atoms with Gasteiger partial charge in [-0.1, -0.05) is 13.8 Å². The van der Waals surface area contributed by atoms with Crippen LogP contribution in [0.2, 0.25) is 0 Å². The van der Waals surface area contributed by atoms with E-state index in [0.29, 0.717) is 6.54 Å². The molecule has 2 heterocycles. The zero-order valence-corrected chi connectivity index (χ0v) is 11.5. The first kappa shape index (κ1) is 12.8. The molecule has 96 valence electrons. The summed E-state index contributed by atoms with van der Waals surface area (Å²) < 4.78 is 0. The molecule has 0 aromatic carbocycles. The number of nitrogens with two attached hydrogens (primary N) is 1. The highest BCUT2D eigenvalue weighted by atomic mass is 32.1. The third kappa shape index (κ3) is 3.40. The quantitative estimate of drug-likeness (QED) is 0.882. The maximum absolute atomic E-state index is 5.59. The minimum absolute atomic E-state index is 0.545. The topological polar surface area (TPSA) is 45.4 Å². The maximum Gasteiger partial charge on any atom is 0.185 e. The van der Waals surface area contributed by atoms with Gasteiger partial charge in [-0.05, 0) is 5.92 Å². The summed E-state index contributed by atoms with van der Waals surface area (Å²) in [5.41, 5.74) is 6.60. The lowest BCUT2D eigenvalue weighted by Crippen LogP contribution is -2.47. The molecule has 2 N–H and O–H groups in total. The Morgan fingerprint density at radius 2 is 2.06 bits per heavy atom. The van der Waals surface area contributed by atoms with E-state index in [0.717, 1.165) is 42.9 Å². The van der Waals surface area contributed by atoms with Crippen molar-refractivity contribution in [1.29, 1.82) is 0 Å². The van der Waals surface area contributed by atoms with Gasteiger partial charge in [-0.25, -0.2) is 4.98 Å². The number of piperazine rings is 1. The van der Waals surface area contributed by atoms with Crippen LogP contribution in [0, 0.1) is 5.92 Å². The van der Waals surface area contributed by atoms with Crippen molar-refractivity contribution in [1.82, 2.24) is 9.88 Å². The number of anilines is 1. The number of thiazole rings is 1. The standard InChI is InChI=1S/C12H22N4S/c1-10(2)8-15-3-5-16(6-4-15)12-14-11(7-13)9-17-12/h9-10H,3-8,13H2,1-2H3. The zero-order chi connectivity index (χ0) is 12.3. The van der Waals surface area contributed by atoms with E-state index in [1.807, 2.05) is 0 Å². The lowest BCUT2D eigenvalue weighted by atomic mass is 10.2. The molecule has 0 amide bonds. The maximum atomic E-state index is 5.59. The minimum atomic E-state index is 0.545. The molecule has 5 heteroatoms. The zero-order valence-electron chi connectivity index (χ0n) is 10.7. The van der Waals surface area contributed by atoms with E-state index in [1.54, 1.807) is 11.3 Å². The van der Waals surface area contributed by atoms with Crippen LogP contribution < -0.4 is 10.6 Å². The SMILES string of the molecule is CC(C)CN1CCN(c2nc(CN)cs2)CC1. The summed E-state index contributed by atoms with van der Waals surface area (Å²) in [6, 6.07) is 0. The van der Waals surface area contributed by atoms with Crippen molar-refractivity contribution in [2.75, 3.05) is 37.6 Å². The van der Waals surface area contributed by atoms with E-state index in [2.05, 4.69) is 34.0 Å². The molecule has 0 bridgehead atoms. The fraction of sp³-hybridized carbons (Fsp3) is 0.750. The Balaban J connectivity index is 1.86. The molecule has 0 spiro atoms. The monoisotopic (exact) mass is 254 g/mol. The Bertz CT molecular complexity index is 342. The molecular formula is C12H22N4S. The van der Waals surface area contributed by atoms with Crippen LogP contribution in [-0.4, -0.2) is 42.6 Å². The van der Waals surface area contributed by atoms with Crippen LogP contribution >= 0.6 is 11.3 Å². The third-order valence-corrected chi connectivity index (χ3v) is 3.97. The van der Waals surface area contributed by atoms with Crippen molar-refractivity contribution < 1.29 is 0 Å². The highest BCUT2D eigenvalue weighted by Gasteiger charge is 2.19. The fourth-order valence-corrected chi connectivity index (χ4v) is 3.07. The van der Waals surface area contributed by atoms with Crippen molar-refractivity contribution in [2.24, 2.45) is 11.7 Å². The Morgan fingerprint density at radius 3 is 2.59 bits per heavy atom. The molecule has 1 aliphatic heterocycles. The second kappa shape index (κ2) is 5.80. The van der Waals surface area contributed by atoms with E-state index in [9.17, 15) is 0 Å². The molecule has 1 aliphatic rings. The molecule has 4 nitrogen and oxygen atoms in total. The second-order valence-electron chi connectivity index (χ2n) is 5.01. The molecule has 0 aliphatic carbocycles. The van der Waals surface area contributed by atoms with Crippen molar-refractivity contribution >= 4 is 16.5 Å². The highest BCUT2D eigenvalue weighted by Crippen LogP contribution is 2.21. The summed E-state index contributed by atoms with van der Waals surface area (Å²) >= 11 is 1.71. The molecule has 0 unspecified atom stereocenters. The van der Waals surface area contributed by atoms with Crippen molar-refractivity contribution in [3.63, 3.8) is 0 Å². The first-order chi connectivity index (χ1) is 8.19. The third-order valence-electron chi connectivity index (χ3n) is 3.01. The fourth-order valence-electron chi connectivity index (χ4n) is 2.17. The smallest absolute Gasteiger partial charge is 0.185 e. The van der Waals surface area contributed by atoms with Gasteiger partial charge in [0.2, 0.25) is 0 Å². The first-order valence-corrected chi connectivity index (χ1v) is 7.18. The highest BCUT2D eigenvalue weighted by molar-refractivity contribution is 7.13. The molecular weight excluding hydrogens is 232 g/mol. The Labute approximate surface area is 107 Å². The van der Waals surface area contributed by atoms with Gasteiger partial charge < -0.3 is 10.6 Å². The van der Waals surface area contributed by atoms with Crippen LogP contribution in [0.4, 0.5) is 5.13 Å². The summed E-state index contributed by atoms with van der Waals surface area (Å²) in [4.78, 5) is 9.46. The van der Waals surface area contributed by atoms with E-state index in [1.165, 1.54) is 6.54 Å². The Morgan fingerprint density at radius 1 is 1.35 bits per heavy atom. The van der Waals surface area contributed by atoms with Gasteiger partial charge in [0.1, 0.15) is 0 Å².